The quantitative estimate of drug-likeness (QED) is 0.0321. The van der Waals surface area contributed by atoms with Crippen molar-refractivity contribution >= 4 is 11.9 Å². The topological polar surface area (TPSA) is 95.9 Å². The molecular formula is C60H107NO5. The predicted molar refractivity (Wildman–Crippen MR) is 287 cm³/mol. The van der Waals surface area contributed by atoms with Crippen LogP contribution < -0.4 is 5.32 Å². The molecule has 3 N–H and O–H groups in total. The Morgan fingerprint density at radius 1 is 0.455 bits per heavy atom. The molecule has 0 saturated carbocycles. The minimum atomic E-state index is -0.803. The highest BCUT2D eigenvalue weighted by molar-refractivity contribution is 5.77. The smallest absolute Gasteiger partial charge is 0.306 e. The van der Waals surface area contributed by atoms with E-state index in [1.54, 1.807) is 0 Å². The zero-order valence-corrected chi connectivity index (χ0v) is 43.6. The van der Waals surface area contributed by atoms with Crippen LogP contribution in [0, 0.1) is 0 Å². The minimum absolute atomic E-state index is 0.0480. The van der Waals surface area contributed by atoms with E-state index in [1.165, 1.54) is 141 Å². The van der Waals surface area contributed by atoms with Crippen molar-refractivity contribution < 1.29 is 24.5 Å². The summed E-state index contributed by atoms with van der Waals surface area (Å²) in [6.07, 6.45) is 68.2. The van der Waals surface area contributed by atoms with Gasteiger partial charge < -0.3 is 20.3 Å². The summed E-state index contributed by atoms with van der Waals surface area (Å²) in [5, 5.41) is 23.9. The van der Waals surface area contributed by atoms with E-state index in [1.807, 2.05) is 0 Å². The number of carbonyl (C=O) groups excluding carboxylic acids is 2. The van der Waals surface area contributed by atoms with Gasteiger partial charge in [0.2, 0.25) is 5.91 Å². The van der Waals surface area contributed by atoms with Crippen molar-refractivity contribution in [2.45, 2.75) is 289 Å². The number of aliphatic hydroxyl groups excluding tert-OH is 2. The Hall–Kier alpha value is -2.70. The van der Waals surface area contributed by atoms with Crippen molar-refractivity contribution in [3.05, 3.63) is 72.9 Å². The number of aliphatic hydroxyl groups is 2. The fraction of sp³-hybridized carbons (Fsp3) is 0.767. The Labute approximate surface area is 409 Å². The van der Waals surface area contributed by atoms with Crippen LogP contribution in [0.25, 0.3) is 0 Å². The Bertz CT molecular complexity index is 1220. The molecule has 3 atom stereocenters. The number of carbonyl (C=O) groups is 2. The van der Waals surface area contributed by atoms with E-state index in [0.29, 0.717) is 19.3 Å². The van der Waals surface area contributed by atoms with Crippen LogP contribution in [0.1, 0.15) is 271 Å². The lowest BCUT2D eigenvalue weighted by Crippen LogP contribution is -2.46. The molecule has 0 fully saturated rings. The van der Waals surface area contributed by atoms with Crippen molar-refractivity contribution in [2.24, 2.45) is 0 Å². The maximum atomic E-state index is 13.3. The molecule has 66 heavy (non-hydrogen) atoms. The summed E-state index contributed by atoms with van der Waals surface area (Å²) in [5.74, 6) is -0.518. The summed E-state index contributed by atoms with van der Waals surface area (Å²) in [6.45, 7) is 6.35. The van der Waals surface area contributed by atoms with Crippen molar-refractivity contribution in [3.63, 3.8) is 0 Å². The van der Waals surface area contributed by atoms with Gasteiger partial charge >= 0.3 is 5.97 Å². The highest BCUT2D eigenvalue weighted by Gasteiger charge is 2.24. The molecule has 3 unspecified atom stereocenters. The number of hydrogen-bond donors (Lipinski definition) is 3. The molecule has 1 amide bonds. The molecular weight excluding hydrogens is 815 g/mol. The summed E-state index contributed by atoms with van der Waals surface area (Å²) in [4.78, 5) is 26.2. The molecule has 0 aromatic rings. The van der Waals surface area contributed by atoms with Crippen LogP contribution in [0.4, 0.5) is 0 Å². The van der Waals surface area contributed by atoms with Gasteiger partial charge in [-0.25, -0.2) is 0 Å². The molecule has 6 nitrogen and oxygen atoms in total. The molecule has 0 aliphatic rings. The van der Waals surface area contributed by atoms with Crippen LogP contribution in [-0.2, 0) is 14.3 Å². The number of allylic oxidation sites excluding steroid dienone is 12. The van der Waals surface area contributed by atoms with Crippen LogP contribution in [0.3, 0.4) is 0 Å². The third kappa shape index (κ3) is 47.8. The molecule has 0 aromatic heterocycles. The van der Waals surface area contributed by atoms with Gasteiger partial charge in [-0.15, -0.1) is 0 Å². The lowest BCUT2D eigenvalue weighted by Gasteiger charge is -2.24. The third-order valence-electron chi connectivity index (χ3n) is 12.6. The number of esters is 1. The van der Waals surface area contributed by atoms with Crippen LogP contribution >= 0.6 is 0 Å². The molecule has 0 radical (unpaired) electrons. The van der Waals surface area contributed by atoms with Crippen molar-refractivity contribution in [3.8, 4) is 0 Å². The average Bonchev–Trinajstić information content (AvgIpc) is 3.31. The van der Waals surface area contributed by atoms with E-state index in [-0.39, 0.29) is 24.9 Å². The predicted octanol–water partition coefficient (Wildman–Crippen LogP) is 17.3. The molecule has 382 valence electrons. The number of nitrogens with one attached hydrogen (secondary N) is 1. The number of rotatable bonds is 50. The first-order chi connectivity index (χ1) is 32.5. The SMILES string of the molecule is CC/C=C/C=C/C=C/CCCCCCCCCC(=O)OC(CCCCC/C=C/C=C/C=C/CCCCCCC)CC(=O)NC(CO)C(O)CCCCCCCCCCCCCCCCCC. The van der Waals surface area contributed by atoms with E-state index in [2.05, 4.69) is 99.0 Å². The first-order valence-electron chi connectivity index (χ1n) is 28.2. The van der Waals surface area contributed by atoms with Gasteiger partial charge in [-0.3, -0.25) is 9.59 Å². The fourth-order valence-corrected chi connectivity index (χ4v) is 8.37. The molecule has 0 rings (SSSR count). The molecule has 0 heterocycles. The van der Waals surface area contributed by atoms with Crippen LogP contribution in [0.5, 0.6) is 0 Å². The second kappa shape index (κ2) is 53.3. The molecule has 0 aliphatic carbocycles. The monoisotopic (exact) mass is 922 g/mol. The second-order valence-electron chi connectivity index (χ2n) is 19.1. The summed E-state index contributed by atoms with van der Waals surface area (Å²) in [5.41, 5.74) is 0. The Kier molecular flexibility index (Phi) is 51.1. The van der Waals surface area contributed by atoms with E-state index in [9.17, 15) is 19.8 Å². The summed E-state index contributed by atoms with van der Waals surface area (Å²) < 4.78 is 5.93. The second-order valence-corrected chi connectivity index (χ2v) is 19.1. The van der Waals surface area contributed by atoms with E-state index < -0.39 is 18.2 Å². The number of hydrogen-bond acceptors (Lipinski definition) is 5. The number of unbranched alkanes of at least 4 members (excludes halogenated alkanes) is 30. The minimum Gasteiger partial charge on any atom is -0.462 e. The summed E-state index contributed by atoms with van der Waals surface area (Å²) in [6, 6.07) is -0.719. The third-order valence-corrected chi connectivity index (χ3v) is 12.6. The van der Waals surface area contributed by atoms with Gasteiger partial charge in [-0.1, -0.05) is 261 Å². The van der Waals surface area contributed by atoms with Gasteiger partial charge in [-0.2, -0.15) is 0 Å². The van der Waals surface area contributed by atoms with Crippen LogP contribution in [0.2, 0.25) is 0 Å². The Morgan fingerprint density at radius 3 is 1.24 bits per heavy atom. The lowest BCUT2D eigenvalue weighted by atomic mass is 10.0. The molecule has 0 saturated heterocycles. The fourth-order valence-electron chi connectivity index (χ4n) is 8.37. The van der Waals surface area contributed by atoms with Gasteiger partial charge in [0.1, 0.15) is 6.10 Å². The first kappa shape index (κ1) is 63.3. The van der Waals surface area contributed by atoms with Crippen LogP contribution in [0.15, 0.2) is 72.9 Å². The first-order valence-corrected chi connectivity index (χ1v) is 28.2. The van der Waals surface area contributed by atoms with E-state index >= 15 is 0 Å². The largest absolute Gasteiger partial charge is 0.462 e. The van der Waals surface area contributed by atoms with Gasteiger partial charge in [0.25, 0.3) is 0 Å². The normalized spacial score (nSPS) is 13.7. The van der Waals surface area contributed by atoms with E-state index in [4.69, 9.17) is 4.74 Å². The standard InChI is InChI=1S/C60H107NO5/c1-4-7-10-13-16-19-22-25-28-31-33-36-39-42-45-48-51-56(66-60(65)53-50-47-44-41-38-35-30-27-24-21-18-15-12-9-6-3)54-59(64)61-57(55-62)58(63)52-49-46-43-40-37-34-32-29-26-23-20-17-14-11-8-5-2/h9,12,15,18,21-22,24-25,28,31,33,36,56-58,62-63H,4-8,10-11,13-14,16-17,19-20,23,26-27,29-30,32,34-35,37-55H2,1-3H3,(H,61,64)/b12-9+,18-15+,24-21+,25-22+,31-28+,36-33+. The zero-order valence-electron chi connectivity index (χ0n) is 43.6. The van der Waals surface area contributed by atoms with Gasteiger partial charge in [0.15, 0.2) is 0 Å². The van der Waals surface area contributed by atoms with Crippen molar-refractivity contribution in [1.82, 2.24) is 5.32 Å². The highest BCUT2D eigenvalue weighted by atomic mass is 16.5. The summed E-state index contributed by atoms with van der Waals surface area (Å²) in [7, 11) is 0. The summed E-state index contributed by atoms with van der Waals surface area (Å²) >= 11 is 0. The van der Waals surface area contributed by atoms with Crippen molar-refractivity contribution in [2.75, 3.05) is 6.61 Å². The lowest BCUT2D eigenvalue weighted by molar-refractivity contribution is -0.151. The Morgan fingerprint density at radius 2 is 0.818 bits per heavy atom. The van der Waals surface area contributed by atoms with E-state index in [0.717, 1.165) is 83.5 Å². The molecule has 0 bridgehead atoms. The molecule has 0 aromatic carbocycles. The van der Waals surface area contributed by atoms with Gasteiger partial charge in [0.05, 0.1) is 25.2 Å². The molecule has 0 aliphatic heterocycles. The maximum Gasteiger partial charge on any atom is 0.306 e. The zero-order chi connectivity index (χ0) is 48.1. The van der Waals surface area contributed by atoms with Crippen LogP contribution in [-0.4, -0.2) is 46.9 Å². The van der Waals surface area contributed by atoms with Gasteiger partial charge in [-0.05, 0) is 70.6 Å². The number of ether oxygens (including phenoxy) is 1. The van der Waals surface area contributed by atoms with Gasteiger partial charge in [0, 0.05) is 6.42 Å². The van der Waals surface area contributed by atoms with Crippen molar-refractivity contribution in [1.29, 1.82) is 0 Å². The molecule has 6 heteroatoms. The number of amides is 1. The Balaban J connectivity index is 4.64. The maximum absolute atomic E-state index is 13.3. The average molecular weight is 923 g/mol. The highest BCUT2D eigenvalue weighted by Crippen LogP contribution is 2.18. The molecule has 0 spiro atoms.